The molecule has 0 aliphatic rings. The van der Waals surface area contributed by atoms with Gasteiger partial charge in [0.1, 0.15) is 0 Å². The van der Waals surface area contributed by atoms with Crippen LogP contribution in [0.15, 0.2) is 5.83 Å². The monoisotopic (exact) mass is 409 g/mol. The summed E-state index contributed by atoms with van der Waals surface area (Å²) in [5.74, 6) is -49.8. The second-order valence-electron chi connectivity index (χ2n) is 4.52. The Morgan fingerprint density at radius 1 is 0.680 bits per heavy atom. The van der Waals surface area contributed by atoms with E-state index in [9.17, 15) is 65.9 Å². The normalized spacial score (nSPS) is 17.7. The van der Waals surface area contributed by atoms with Gasteiger partial charge in [-0.25, -0.2) is 13.2 Å². The van der Waals surface area contributed by atoms with Crippen molar-refractivity contribution in [2.24, 2.45) is 0 Å². The summed E-state index contributed by atoms with van der Waals surface area (Å²) in [4.78, 5) is 0. The molecule has 0 aliphatic heterocycles. The van der Waals surface area contributed by atoms with Gasteiger partial charge in [0.15, 0.2) is 12.5 Å². The Morgan fingerprint density at radius 3 is 1.28 bits per heavy atom. The molecule has 1 unspecified atom stereocenters. The molecule has 0 aromatic heterocycles. The van der Waals surface area contributed by atoms with Crippen LogP contribution in [0.1, 0.15) is 6.92 Å². The quantitative estimate of drug-likeness (QED) is 0.471. The molecule has 0 saturated carbocycles. The summed E-state index contributed by atoms with van der Waals surface area (Å²) < 4.78 is 191. The summed E-state index contributed by atoms with van der Waals surface area (Å²) in [7, 11) is 0. The molecule has 0 aromatic carbocycles. The second-order valence-corrected chi connectivity index (χ2v) is 4.52. The fraction of sp³-hybridized carbons (Fsp3) is 0.800. The Morgan fingerprint density at radius 2 is 1.00 bits per heavy atom. The van der Waals surface area contributed by atoms with Crippen molar-refractivity contribution in [2.75, 3.05) is 0 Å². The van der Waals surface area contributed by atoms with Crippen molar-refractivity contribution in [3.8, 4) is 0 Å². The Hall–Kier alpha value is -1.31. The predicted molar refractivity (Wildman–Crippen MR) is 49.2 cm³/mol. The molecular weight excluding hydrogens is 405 g/mol. The summed E-state index contributed by atoms with van der Waals surface area (Å²) in [6, 6.07) is 0. The molecule has 0 N–H and O–H groups in total. The topological polar surface area (TPSA) is 0 Å². The first-order valence-corrected chi connectivity index (χ1v) is 5.48. The van der Waals surface area contributed by atoms with Gasteiger partial charge < -0.3 is 0 Å². The Bertz CT molecular complexity index is 514. The van der Waals surface area contributed by atoms with Gasteiger partial charge in [0, 0.05) is 0 Å². The molecule has 0 saturated heterocycles. The van der Waals surface area contributed by atoms with E-state index in [1.807, 2.05) is 0 Å². The molecule has 0 fully saturated rings. The third-order valence-electron chi connectivity index (χ3n) is 2.85. The van der Waals surface area contributed by atoms with E-state index in [0.717, 1.165) is 0 Å². The molecule has 1 radical (unpaired) electrons. The van der Waals surface area contributed by atoms with Gasteiger partial charge in [0.25, 0.3) is 0 Å². The number of rotatable bonds is 7. The van der Waals surface area contributed by atoms with Crippen LogP contribution in [0, 0.1) is 6.33 Å². The molecule has 0 spiro atoms. The van der Waals surface area contributed by atoms with Gasteiger partial charge in [0.05, 0.1) is 0 Å². The number of halogens is 15. The lowest BCUT2D eigenvalue weighted by atomic mass is 9.90. The zero-order valence-corrected chi connectivity index (χ0v) is 11.2. The van der Waals surface area contributed by atoms with Crippen molar-refractivity contribution in [3.63, 3.8) is 0 Å². The maximum Gasteiger partial charge on any atom is 0.385 e. The molecule has 0 rings (SSSR count). The van der Waals surface area contributed by atoms with Crippen LogP contribution in [0.2, 0.25) is 0 Å². The van der Waals surface area contributed by atoms with Crippen LogP contribution in [0.4, 0.5) is 65.9 Å². The van der Waals surface area contributed by atoms with Gasteiger partial charge in [-0.3, -0.25) is 0 Å². The molecular formula is C10H4F15. The summed E-state index contributed by atoms with van der Waals surface area (Å²) >= 11 is 0. The first-order valence-electron chi connectivity index (χ1n) is 5.48. The summed E-state index contributed by atoms with van der Waals surface area (Å²) in [6.07, 6.45) is -5.26. The van der Waals surface area contributed by atoms with Crippen molar-refractivity contribution < 1.29 is 65.9 Å². The average molecular weight is 409 g/mol. The van der Waals surface area contributed by atoms with E-state index in [-0.39, 0.29) is 0 Å². The predicted octanol–water partition coefficient (Wildman–Crippen LogP) is 5.74. The number of allylic oxidation sites excluding steroid dienone is 1. The van der Waals surface area contributed by atoms with Gasteiger partial charge in [-0.05, 0) is 6.92 Å². The van der Waals surface area contributed by atoms with E-state index in [1.54, 1.807) is 0 Å². The molecule has 0 nitrogen and oxygen atoms in total. The Kier molecular flexibility index (Phi) is 5.82. The lowest BCUT2D eigenvalue weighted by Crippen LogP contribution is -2.71. The van der Waals surface area contributed by atoms with Crippen molar-refractivity contribution >= 4 is 0 Å². The third kappa shape index (κ3) is 2.92. The van der Waals surface area contributed by atoms with Gasteiger partial charge in [-0.1, -0.05) is 0 Å². The van der Waals surface area contributed by atoms with Crippen LogP contribution in [0.25, 0.3) is 0 Å². The smallest absolute Gasteiger partial charge is 0.241 e. The molecule has 25 heavy (non-hydrogen) atoms. The second kappa shape index (κ2) is 6.14. The van der Waals surface area contributed by atoms with Crippen molar-refractivity contribution in [1.82, 2.24) is 0 Å². The highest BCUT2D eigenvalue weighted by Gasteiger charge is 2.91. The van der Waals surface area contributed by atoms with Crippen molar-refractivity contribution in [3.05, 3.63) is 12.2 Å². The zero-order chi connectivity index (χ0) is 20.9. The Labute approximate surface area is 128 Å². The minimum atomic E-state index is -8.10. The van der Waals surface area contributed by atoms with E-state index >= 15 is 0 Å². The summed E-state index contributed by atoms with van der Waals surface area (Å²) in [6.45, 7) is -0.546. The van der Waals surface area contributed by atoms with Crippen LogP contribution in [0.3, 0.4) is 0 Å². The van der Waals surface area contributed by atoms with Gasteiger partial charge in [-0.15, -0.1) is 0 Å². The molecule has 0 amide bonds. The van der Waals surface area contributed by atoms with Gasteiger partial charge >= 0.3 is 35.5 Å². The summed E-state index contributed by atoms with van der Waals surface area (Å²) in [5, 5.41) is 0. The number of hydrogen-bond donors (Lipinski definition) is 0. The maximum absolute atomic E-state index is 13.0. The van der Waals surface area contributed by atoms with E-state index in [4.69, 9.17) is 0 Å². The largest absolute Gasteiger partial charge is 0.385 e. The average Bonchev–Trinajstić information content (AvgIpc) is 2.44. The van der Waals surface area contributed by atoms with Crippen LogP contribution in [0.5, 0.6) is 0 Å². The molecule has 1 atom stereocenters. The minimum absolute atomic E-state index is 0.546. The SMILES string of the molecule is CC(F)C(F)(F)C(F)(F)C(F)(F)C(F)(F)C(F)(F)C(F)(F)/C(F)=[C]\F. The molecule has 15 heteroatoms. The lowest BCUT2D eigenvalue weighted by Gasteiger charge is -2.41. The molecule has 0 aliphatic carbocycles. The molecule has 149 valence electrons. The lowest BCUT2D eigenvalue weighted by molar-refractivity contribution is -0.426. The van der Waals surface area contributed by atoms with Crippen molar-refractivity contribution in [2.45, 2.75) is 48.6 Å². The first-order chi connectivity index (χ1) is 10.7. The molecule has 0 heterocycles. The molecule has 0 bridgehead atoms. The van der Waals surface area contributed by atoms with Crippen LogP contribution >= 0.6 is 0 Å². The third-order valence-corrected chi connectivity index (χ3v) is 2.85. The highest BCUT2D eigenvalue weighted by atomic mass is 19.4. The van der Waals surface area contributed by atoms with E-state index in [0.29, 0.717) is 0 Å². The van der Waals surface area contributed by atoms with Crippen molar-refractivity contribution in [1.29, 1.82) is 0 Å². The van der Waals surface area contributed by atoms with Crippen LogP contribution in [-0.2, 0) is 0 Å². The summed E-state index contributed by atoms with van der Waals surface area (Å²) in [5.41, 5.74) is 0. The fourth-order valence-electron chi connectivity index (χ4n) is 1.25. The number of alkyl halides is 13. The minimum Gasteiger partial charge on any atom is -0.241 e. The maximum atomic E-state index is 13.0. The highest BCUT2D eigenvalue weighted by Crippen LogP contribution is 2.61. The Balaban J connectivity index is 6.49. The molecule has 0 aromatic rings. The van der Waals surface area contributed by atoms with Gasteiger partial charge in [0.2, 0.25) is 5.83 Å². The zero-order valence-electron chi connectivity index (χ0n) is 11.2. The highest BCUT2D eigenvalue weighted by molar-refractivity contribution is 5.17. The van der Waals surface area contributed by atoms with Crippen LogP contribution < -0.4 is 0 Å². The fourth-order valence-corrected chi connectivity index (χ4v) is 1.25. The number of hydrogen-bond acceptors (Lipinski definition) is 0. The van der Waals surface area contributed by atoms with Crippen LogP contribution in [-0.4, -0.2) is 41.7 Å². The van der Waals surface area contributed by atoms with Gasteiger partial charge in [-0.2, -0.15) is 52.7 Å². The van der Waals surface area contributed by atoms with E-state index in [2.05, 4.69) is 0 Å². The first kappa shape index (κ1) is 23.7. The van der Waals surface area contributed by atoms with E-state index < -0.39 is 60.8 Å². The standard InChI is InChI=1S/C10H4F15/c1-3(12)5(14,15)7(18,19)9(22,23)10(24,25)8(20,21)6(16,17)4(13)2-11/h3H,1H3. The van der Waals surface area contributed by atoms with E-state index in [1.165, 1.54) is 0 Å².